The number of carbonyl (C=O) groups excluding carboxylic acids is 3. The Morgan fingerprint density at radius 3 is 2.51 bits per heavy atom. The number of hydrogen-bond donors (Lipinski definition) is 2. The fourth-order valence-electron chi connectivity index (χ4n) is 6.40. The average molecular weight is 702 g/mol. The van der Waals surface area contributed by atoms with Gasteiger partial charge in [0.2, 0.25) is 11.8 Å². The number of aliphatic hydroxyl groups is 1. The number of piperazine rings is 1. The molecule has 0 unspecified atom stereocenters. The molecular formula is C36H34Cl2N6O5. The molecule has 0 aliphatic carbocycles. The molecule has 252 valence electrons. The third kappa shape index (κ3) is 7.43. The Morgan fingerprint density at radius 1 is 1.00 bits per heavy atom. The summed E-state index contributed by atoms with van der Waals surface area (Å²) in [5.74, 6) is 0.0397. The summed E-state index contributed by atoms with van der Waals surface area (Å²) in [6, 6.07) is 26.7. The average Bonchev–Trinajstić information content (AvgIpc) is 3.43. The monoisotopic (exact) mass is 700 g/mol. The molecule has 6 rings (SSSR count). The number of nitrogens with zero attached hydrogens (tertiary/aromatic N) is 5. The van der Waals surface area contributed by atoms with Crippen LogP contribution < -0.4 is 10.1 Å². The van der Waals surface area contributed by atoms with Gasteiger partial charge in [-0.25, -0.2) is 9.80 Å². The standard InChI is InChI=1S/C36H34Cl2N6O5/c37-30-13-10-25(18-31(30)38)20-40-36(48)42(15-14-39)43-23-34(46)44-32(19-24-8-11-28(12-9-24)49-17-16-45)35(47)41(22-33(43)44)21-27-6-3-5-26-4-1-2-7-29(26)27/h1-13,18,32-33,45H,15-17,19-23H2,(H,40,48)/t32-,33+/m0/s1. The van der Waals surface area contributed by atoms with Crippen molar-refractivity contribution in [3.8, 4) is 11.8 Å². The summed E-state index contributed by atoms with van der Waals surface area (Å²) in [5.41, 5.74) is 2.46. The van der Waals surface area contributed by atoms with Gasteiger partial charge in [0, 0.05) is 19.5 Å². The van der Waals surface area contributed by atoms with E-state index in [0.717, 1.165) is 21.9 Å². The molecule has 2 aliphatic heterocycles. The van der Waals surface area contributed by atoms with Gasteiger partial charge in [-0.3, -0.25) is 9.59 Å². The SMILES string of the molecule is N#CCN(C(=O)NCc1ccc(Cl)c(Cl)c1)N1CC(=O)N2[C@@H](Cc3ccc(OCCO)cc3)C(=O)N(Cc3cccc4ccccc34)C[C@@H]21. The van der Waals surface area contributed by atoms with Gasteiger partial charge in [-0.05, 0) is 51.7 Å². The van der Waals surface area contributed by atoms with Gasteiger partial charge < -0.3 is 25.0 Å². The number of hydrogen-bond acceptors (Lipinski definition) is 7. The second-order valence-corrected chi connectivity index (χ2v) is 12.6. The Labute approximate surface area is 293 Å². The summed E-state index contributed by atoms with van der Waals surface area (Å²) in [7, 11) is 0. The summed E-state index contributed by atoms with van der Waals surface area (Å²) < 4.78 is 5.49. The van der Waals surface area contributed by atoms with E-state index in [1.165, 1.54) is 5.01 Å². The number of hydrazine groups is 1. The first-order chi connectivity index (χ1) is 23.8. The zero-order valence-electron chi connectivity index (χ0n) is 26.5. The fraction of sp³-hybridized carbons (Fsp3) is 0.278. The van der Waals surface area contributed by atoms with Gasteiger partial charge in [0.05, 0.1) is 35.8 Å². The number of fused-ring (bicyclic) bond motifs is 2. The maximum absolute atomic E-state index is 14.3. The van der Waals surface area contributed by atoms with Crippen LogP contribution in [-0.2, 0) is 29.1 Å². The second kappa shape index (κ2) is 15.1. The molecule has 0 saturated carbocycles. The number of carbonyl (C=O) groups is 3. The minimum atomic E-state index is -0.862. The van der Waals surface area contributed by atoms with E-state index in [-0.39, 0.29) is 57.6 Å². The predicted octanol–water partition coefficient (Wildman–Crippen LogP) is 4.59. The second-order valence-electron chi connectivity index (χ2n) is 11.8. The molecule has 4 aromatic carbocycles. The first-order valence-electron chi connectivity index (χ1n) is 15.8. The van der Waals surface area contributed by atoms with Crippen LogP contribution in [0.1, 0.15) is 16.7 Å². The Morgan fingerprint density at radius 2 is 1.76 bits per heavy atom. The molecule has 4 aromatic rings. The third-order valence-corrected chi connectivity index (χ3v) is 9.45. The summed E-state index contributed by atoms with van der Waals surface area (Å²) in [6.07, 6.45) is -0.482. The van der Waals surface area contributed by atoms with Crippen LogP contribution >= 0.6 is 23.2 Å². The maximum atomic E-state index is 14.3. The number of nitrogens with one attached hydrogen (secondary N) is 1. The highest BCUT2D eigenvalue weighted by Crippen LogP contribution is 2.32. The number of benzene rings is 4. The number of ether oxygens (including phenoxy) is 1. The predicted molar refractivity (Wildman–Crippen MR) is 184 cm³/mol. The summed E-state index contributed by atoms with van der Waals surface area (Å²) in [6.45, 7) is 0.0628. The first kappa shape index (κ1) is 34.0. The number of halogens is 2. The van der Waals surface area contributed by atoms with Crippen LogP contribution in [0.15, 0.2) is 84.9 Å². The van der Waals surface area contributed by atoms with Gasteiger partial charge in [0.1, 0.15) is 31.1 Å². The van der Waals surface area contributed by atoms with Gasteiger partial charge in [-0.15, -0.1) is 0 Å². The van der Waals surface area contributed by atoms with Gasteiger partial charge >= 0.3 is 6.03 Å². The molecular weight excluding hydrogens is 667 g/mol. The molecule has 2 N–H and O–H groups in total. The zero-order valence-corrected chi connectivity index (χ0v) is 28.0. The van der Waals surface area contributed by atoms with Crippen LogP contribution in [0.2, 0.25) is 10.0 Å². The third-order valence-electron chi connectivity index (χ3n) is 8.71. The summed E-state index contributed by atoms with van der Waals surface area (Å²) in [4.78, 5) is 45.0. The molecule has 0 bridgehead atoms. The van der Waals surface area contributed by atoms with E-state index in [0.29, 0.717) is 27.9 Å². The van der Waals surface area contributed by atoms with Crippen LogP contribution in [0.25, 0.3) is 10.8 Å². The lowest BCUT2D eigenvalue weighted by Gasteiger charge is -2.46. The zero-order chi connectivity index (χ0) is 34.5. The van der Waals surface area contributed by atoms with Crippen molar-refractivity contribution in [1.29, 1.82) is 5.26 Å². The molecule has 49 heavy (non-hydrogen) atoms. The maximum Gasteiger partial charge on any atom is 0.333 e. The van der Waals surface area contributed by atoms with Gasteiger partial charge in [0.15, 0.2) is 0 Å². The lowest BCUT2D eigenvalue weighted by Crippen LogP contribution is -2.66. The molecule has 2 aliphatic rings. The number of aliphatic hydroxyl groups excluding tert-OH is 1. The molecule has 0 radical (unpaired) electrons. The Bertz CT molecular complexity index is 1900. The molecule has 0 spiro atoms. The van der Waals surface area contributed by atoms with E-state index in [9.17, 15) is 19.6 Å². The summed E-state index contributed by atoms with van der Waals surface area (Å²) >= 11 is 12.2. The van der Waals surface area contributed by atoms with Gasteiger partial charge in [0.25, 0.3) is 0 Å². The highest BCUT2D eigenvalue weighted by Gasteiger charge is 2.52. The first-order valence-corrected chi connectivity index (χ1v) is 16.5. The van der Waals surface area contributed by atoms with E-state index >= 15 is 0 Å². The van der Waals surface area contributed by atoms with Crippen LogP contribution in [0.4, 0.5) is 4.79 Å². The van der Waals surface area contributed by atoms with E-state index in [1.54, 1.807) is 45.1 Å². The van der Waals surface area contributed by atoms with Crippen molar-refractivity contribution in [1.82, 2.24) is 25.1 Å². The fourth-order valence-corrected chi connectivity index (χ4v) is 6.72. The quantitative estimate of drug-likeness (QED) is 0.219. The van der Waals surface area contributed by atoms with Gasteiger partial charge in [-0.1, -0.05) is 83.9 Å². The Balaban J connectivity index is 1.30. The lowest BCUT2D eigenvalue weighted by molar-refractivity contribution is -0.157. The molecule has 0 aromatic heterocycles. The Hall–Kier alpha value is -4.86. The minimum Gasteiger partial charge on any atom is -0.491 e. The van der Waals surface area contributed by atoms with Crippen LogP contribution in [0.5, 0.6) is 5.75 Å². The molecule has 2 saturated heterocycles. The van der Waals surface area contributed by atoms with E-state index in [1.807, 2.05) is 60.7 Å². The number of amides is 4. The number of nitriles is 1. The van der Waals surface area contributed by atoms with Crippen LogP contribution in [-0.4, -0.2) is 87.8 Å². The molecule has 13 heteroatoms. The summed E-state index contributed by atoms with van der Waals surface area (Å²) in [5, 5.41) is 27.3. The number of urea groups is 1. The highest BCUT2D eigenvalue weighted by atomic mass is 35.5. The van der Waals surface area contributed by atoms with Crippen molar-refractivity contribution in [2.75, 3.05) is 32.8 Å². The normalized spacial score (nSPS) is 17.6. The molecule has 2 fully saturated rings. The Kier molecular flexibility index (Phi) is 10.5. The van der Waals surface area contributed by atoms with Crippen molar-refractivity contribution in [2.24, 2.45) is 0 Å². The van der Waals surface area contributed by atoms with Crippen molar-refractivity contribution in [2.45, 2.75) is 31.7 Å². The van der Waals surface area contributed by atoms with E-state index in [4.69, 9.17) is 33.0 Å². The highest BCUT2D eigenvalue weighted by molar-refractivity contribution is 6.42. The van der Waals surface area contributed by atoms with Crippen LogP contribution in [0, 0.1) is 11.3 Å². The molecule has 2 atom stereocenters. The van der Waals surface area contributed by atoms with Crippen molar-refractivity contribution < 1.29 is 24.2 Å². The minimum absolute atomic E-state index is 0.111. The topological polar surface area (TPSA) is 129 Å². The van der Waals surface area contributed by atoms with Crippen molar-refractivity contribution >= 4 is 51.8 Å². The molecule has 4 amide bonds. The van der Waals surface area contributed by atoms with E-state index in [2.05, 4.69) is 5.32 Å². The van der Waals surface area contributed by atoms with Crippen LogP contribution in [0.3, 0.4) is 0 Å². The van der Waals surface area contributed by atoms with Crippen molar-refractivity contribution in [3.63, 3.8) is 0 Å². The molecule has 2 heterocycles. The van der Waals surface area contributed by atoms with Crippen molar-refractivity contribution in [3.05, 3.63) is 112 Å². The molecule has 11 nitrogen and oxygen atoms in total. The van der Waals surface area contributed by atoms with E-state index < -0.39 is 18.2 Å². The lowest BCUT2D eigenvalue weighted by atomic mass is 9.99. The smallest absolute Gasteiger partial charge is 0.333 e. The van der Waals surface area contributed by atoms with Gasteiger partial charge in [-0.2, -0.15) is 10.3 Å². The number of rotatable bonds is 11. The largest absolute Gasteiger partial charge is 0.491 e.